The third-order valence-corrected chi connectivity index (χ3v) is 2.47. The van der Waals surface area contributed by atoms with Gasteiger partial charge in [0.15, 0.2) is 0 Å². The van der Waals surface area contributed by atoms with Crippen molar-refractivity contribution in [3.8, 4) is 17.4 Å². The first-order valence-corrected chi connectivity index (χ1v) is 5.44. The molecule has 2 aromatic rings. The monoisotopic (exact) mass is 233 g/mol. The van der Waals surface area contributed by atoms with Crippen LogP contribution in [0.4, 0.5) is 0 Å². The first-order chi connectivity index (χ1) is 8.28. The van der Waals surface area contributed by atoms with Gasteiger partial charge in [-0.05, 0) is 19.1 Å². The van der Waals surface area contributed by atoms with Crippen molar-refractivity contribution in [2.75, 3.05) is 20.8 Å². The van der Waals surface area contributed by atoms with Gasteiger partial charge in [0.2, 0.25) is 5.88 Å². The van der Waals surface area contributed by atoms with E-state index in [-0.39, 0.29) is 0 Å². The van der Waals surface area contributed by atoms with E-state index in [0.717, 1.165) is 22.4 Å². The van der Waals surface area contributed by atoms with E-state index in [0.29, 0.717) is 12.5 Å². The molecule has 0 aliphatic rings. The third-order valence-electron chi connectivity index (χ3n) is 2.47. The highest BCUT2D eigenvalue weighted by Crippen LogP contribution is 2.30. The second-order valence-electron chi connectivity index (χ2n) is 3.48. The van der Waals surface area contributed by atoms with Crippen LogP contribution >= 0.6 is 0 Å². The van der Waals surface area contributed by atoms with Crippen LogP contribution in [0.5, 0.6) is 17.4 Å². The van der Waals surface area contributed by atoms with Crippen LogP contribution in [0.25, 0.3) is 10.9 Å². The molecule has 4 nitrogen and oxygen atoms in total. The zero-order chi connectivity index (χ0) is 12.3. The molecule has 0 unspecified atom stereocenters. The Morgan fingerprint density at radius 3 is 2.59 bits per heavy atom. The number of rotatable bonds is 4. The number of pyridine rings is 1. The van der Waals surface area contributed by atoms with Gasteiger partial charge in [0.25, 0.3) is 0 Å². The maximum absolute atomic E-state index is 5.40. The summed E-state index contributed by atoms with van der Waals surface area (Å²) in [4.78, 5) is 4.40. The molecule has 0 aliphatic heterocycles. The molecule has 0 spiro atoms. The van der Waals surface area contributed by atoms with Crippen molar-refractivity contribution in [3.05, 3.63) is 24.3 Å². The second kappa shape index (κ2) is 4.91. The summed E-state index contributed by atoms with van der Waals surface area (Å²) >= 11 is 0. The van der Waals surface area contributed by atoms with Gasteiger partial charge in [-0.1, -0.05) is 0 Å². The van der Waals surface area contributed by atoms with E-state index < -0.39 is 0 Å². The Morgan fingerprint density at radius 1 is 1.12 bits per heavy atom. The van der Waals surface area contributed by atoms with Crippen molar-refractivity contribution in [2.24, 2.45) is 0 Å². The SMILES string of the molecule is CCOc1cc(OC)c2ccc(OC)cc2n1. The van der Waals surface area contributed by atoms with Gasteiger partial charge in [0.05, 0.1) is 26.3 Å². The zero-order valence-electron chi connectivity index (χ0n) is 10.2. The number of hydrogen-bond acceptors (Lipinski definition) is 4. The van der Waals surface area contributed by atoms with Crippen LogP contribution in [-0.2, 0) is 0 Å². The molecule has 0 amide bonds. The Kier molecular flexibility index (Phi) is 3.32. The minimum Gasteiger partial charge on any atom is -0.497 e. The Bertz CT molecular complexity index is 525. The molecule has 2 rings (SSSR count). The smallest absolute Gasteiger partial charge is 0.217 e. The average molecular weight is 233 g/mol. The summed E-state index contributed by atoms with van der Waals surface area (Å²) in [6.45, 7) is 2.50. The highest BCUT2D eigenvalue weighted by atomic mass is 16.5. The van der Waals surface area contributed by atoms with E-state index in [2.05, 4.69) is 4.98 Å². The van der Waals surface area contributed by atoms with Crippen molar-refractivity contribution >= 4 is 10.9 Å². The summed E-state index contributed by atoms with van der Waals surface area (Å²) in [6.07, 6.45) is 0. The molecular weight excluding hydrogens is 218 g/mol. The molecule has 1 aromatic heterocycles. The summed E-state index contributed by atoms with van der Waals surface area (Å²) in [6, 6.07) is 7.46. The first kappa shape index (κ1) is 11.5. The van der Waals surface area contributed by atoms with E-state index in [4.69, 9.17) is 14.2 Å². The topological polar surface area (TPSA) is 40.6 Å². The van der Waals surface area contributed by atoms with Gasteiger partial charge < -0.3 is 14.2 Å². The van der Waals surface area contributed by atoms with Gasteiger partial charge >= 0.3 is 0 Å². The van der Waals surface area contributed by atoms with Crippen LogP contribution in [0.15, 0.2) is 24.3 Å². The lowest BCUT2D eigenvalue weighted by molar-refractivity contribution is 0.324. The minimum atomic E-state index is 0.560. The lowest BCUT2D eigenvalue weighted by Gasteiger charge is -2.09. The van der Waals surface area contributed by atoms with Crippen LogP contribution < -0.4 is 14.2 Å². The molecule has 4 heteroatoms. The van der Waals surface area contributed by atoms with Gasteiger partial charge in [-0.3, -0.25) is 0 Å². The van der Waals surface area contributed by atoms with Gasteiger partial charge in [0.1, 0.15) is 11.5 Å². The molecule has 1 heterocycles. The molecule has 0 saturated carbocycles. The number of aromatic nitrogens is 1. The van der Waals surface area contributed by atoms with Crippen LogP contribution in [0.3, 0.4) is 0 Å². The summed E-state index contributed by atoms with van der Waals surface area (Å²) < 4.78 is 15.9. The molecular formula is C13H15NO3. The molecule has 0 atom stereocenters. The number of ether oxygens (including phenoxy) is 3. The fraction of sp³-hybridized carbons (Fsp3) is 0.308. The Balaban J connectivity index is 2.60. The van der Waals surface area contributed by atoms with Gasteiger partial charge in [-0.2, -0.15) is 0 Å². The molecule has 0 fully saturated rings. The minimum absolute atomic E-state index is 0.560. The van der Waals surface area contributed by atoms with Crippen molar-refractivity contribution in [2.45, 2.75) is 6.92 Å². The molecule has 0 aliphatic carbocycles. The van der Waals surface area contributed by atoms with Crippen LogP contribution in [0.2, 0.25) is 0 Å². The van der Waals surface area contributed by atoms with E-state index in [9.17, 15) is 0 Å². The van der Waals surface area contributed by atoms with E-state index >= 15 is 0 Å². The Labute approximate surface area is 100 Å². The van der Waals surface area contributed by atoms with Crippen LogP contribution in [0, 0.1) is 0 Å². The first-order valence-electron chi connectivity index (χ1n) is 5.44. The fourth-order valence-electron chi connectivity index (χ4n) is 1.67. The maximum Gasteiger partial charge on any atom is 0.217 e. The standard InChI is InChI=1S/C13H15NO3/c1-4-17-13-8-12(16-3)10-6-5-9(15-2)7-11(10)14-13/h5-8H,4H2,1-3H3. The summed E-state index contributed by atoms with van der Waals surface area (Å²) in [5.41, 5.74) is 0.798. The Morgan fingerprint density at radius 2 is 1.94 bits per heavy atom. The molecule has 0 N–H and O–H groups in total. The molecule has 17 heavy (non-hydrogen) atoms. The van der Waals surface area contributed by atoms with E-state index in [1.165, 1.54) is 0 Å². The molecule has 0 saturated heterocycles. The molecule has 90 valence electrons. The lowest BCUT2D eigenvalue weighted by Crippen LogP contribution is -1.96. The zero-order valence-corrected chi connectivity index (χ0v) is 10.2. The highest BCUT2D eigenvalue weighted by Gasteiger charge is 2.07. The number of benzene rings is 1. The number of hydrogen-bond donors (Lipinski definition) is 0. The fourth-order valence-corrected chi connectivity index (χ4v) is 1.67. The van der Waals surface area contributed by atoms with Crippen molar-refractivity contribution < 1.29 is 14.2 Å². The van der Waals surface area contributed by atoms with Crippen LogP contribution in [0.1, 0.15) is 6.92 Å². The average Bonchev–Trinajstić information content (AvgIpc) is 2.37. The van der Waals surface area contributed by atoms with Gasteiger partial charge in [-0.25, -0.2) is 4.98 Å². The van der Waals surface area contributed by atoms with Crippen molar-refractivity contribution in [3.63, 3.8) is 0 Å². The highest BCUT2D eigenvalue weighted by molar-refractivity contribution is 5.86. The molecule has 0 radical (unpaired) electrons. The summed E-state index contributed by atoms with van der Waals surface area (Å²) in [7, 11) is 3.26. The number of methoxy groups -OCH3 is 2. The largest absolute Gasteiger partial charge is 0.497 e. The number of fused-ring (bicyclic) bond motifs is 1. The third kappa shape index (κ3) is 2.25. The predicted molar refractivity (Wildman–Crippen MR) is 66.0 cm³/mol. The summed E-state index contributed by atoms with van der Waals surface area (Å²) in [5, 5.41) is 0.941. The van der Waals surface area contributed by atoms with Crippen molar-refractivity contribution in [1.82, 2.24) is 4.98 Å². The van der Waals surface area contributed by atoms with Crippen LogP contribution in [-0.4, -0.2) is 25.8 Å². The second-order valence-corrected chi connectivity index (χ2v) is 3.48. The lowest BCUT2D eigenvalue weighted by atomic mass is 10.2. The predicted octanol–water partition coefficient (Wildman–Crippen LogP) is 2.65. The molecule has 1 aromatic carbocycles. The van der Waals surface area contributed by atoms with Crippen molar-refractivity contribution in [1.29, 1.82) is 0 Å². The number of nitrogens with zero attached hydrogens (tertiary/aromatic N) is 1. The Hall–Kier alpha value is -1.97. The molecule has 0 bridgehead atoms. The van der Waals surface area contributed by atoms with Gasteiger partial charge in [0, 0.05) is 17.5 Å². The maximum atomic E-state index is 5.40. The normalized spacial score (nSPS) is 10.3. The summed E-state index contributed by atoms with van der Waals surface area (Å²) in [5.74, 6) is 2.08. The van der Waals surface area contributed by atoms with Gasteiger partial charge in [-0.15, -0.1) is 0 Å². The van der Waals surface area contributed by atoms with E-state index in [1.807, 2.05) is 25.1 Å². The quantitative estimate of drug-likeness (QED) is 0.814. The van der Waals surface area contributed by atoms with E-state index in [1.54, 1.807) is 20.3 Å².